The molecule has 1 amide bonds. The number of benzene rings is 2. The van der Waals surface area contributed by atoms with Crippen LogP contribution in [0.25, 0.3) is 55.2 Å². The smallest absolute Gasteiger partial charge is 0.255 e. The van der Waals surface area contributed by atoms with Crippen molar-refractivity contribution >= 4 is 54.8 Å². The second kappa shape index (κ2) is 9.53. The van der Waals surface area contributed by atoms with Crippen LogP contribution in [0, 0.1) is 5.82 Å². The SMILES string of the molecule is CNC(=O)c1c(-c2cccs2)oc2cc(N(C)S(C)(=O)=O)c(-c3ccc4c(n3)-c3cc5c(F)cccc5n3CC4)cc12. The lowest BCUT2D eigenvalue weighted by atomic mass is 9.99. The zero-order valence-electron chi connectivity index (χ0n) is 22.9. The molecule has 0 atom stereocenters. The second-order valence-electron chi connectivity index (χ2n) is 10.3. The number of amides is 1. The summed E-state index contributed by atoms with van der Waals surface area (Å²) in [7, 11) is -0.641. The number of aryl methyl sites for hydroxylation is 2. The van der Waals surface area contributed by atoms with Crippen LogP contribution in [0.4, 0.5) is 10.1 Å². The van der Waals surface area contributed by atoms with Gasteiger partial charge in [0, 0.05) is 43.0 Å². The number of carbonyl (C=O) groups excluding carboxylic acids is 1. The van der Waals surface area contributed by atoms with Crippen molar-refractivity contribution < 1.29 is 22.0 Å². The first-order valence-electron chi connectivity index (χ1n) is 13.2. The van der Waals surface area contributed by atoms with E-state index in [9.17, 15) is 17.6 Å². The van der Waals surface area contributed by atoms with Crippen LogP contribution >= 0.6 is 11.3 Å². The molecular formula is C31H25FN4O4S2. The van der Waals surface area contributed by atoms with Crippen LogP contribution in [-0.4, -0.2) is 44.2 Å². The van der Waals surface area contributed by atoms with Gasteiger partial charge in [-0.3, -0.25) is 9.10 Å². The predicted molar refractivity (Wildman–Crippen MR) is 164 cm³/mol. The molecule has 0 fully saturated rings. The summed E-state index contributed by atoms with van der Waals surface area (Å²) in [5.41, 5.74) is 5.45. The Hall–Kier alpha value is -4.48. The Kier molecular flexibility index (Phi) is 6.00. The van der Waals surface area contributed by atoms with Crippen molar-refractivity contribution in [1.82, 2.24) is 14.9 Å². The molecule has 1 aliphatic rings. The topological polar surface area (TPSA) is 97.4 Å². The third-order valence-electron chi connectivity index (χ3n) is 7.84. The highest BCUT2D eigenvalue weighted by atomic mass is 32.2. The molecule has 0 bridgehead atoms. The quantitative estimate of drug-likeness (QED) is 0.251. The number of halogens is 1. The summed E-state index contributed by atoms with van der Waals surface area (Å²) in [5, 5.41) is 5.66. The van der Waals surface area contributed by atoms with Gasteiger partial charge in [0.2, 0.25) is 10.0 Å². The number of hydrogen-bond acceptors (Lipinski definition) is 6. The number of hydrogen-bond donors (Lipinski definition) is 1. The van der Waals surface area contributed by atoms with E-state index < -0.39 is 10.0 Å². The summed E-state index contributed by atoms with van der Waals surface area (Å²) < 4.78 is 49.7. The minimum atomic E-state index is -3.67. The molecule has 212 valence electrons. The third-order valence-corrected chi connectivity index (χ3v) is 9.90. The fourth-order valence-electron chi connectivity index (χ4n) is 5.69. The zero-order valence-corrected chi connectivity index (χ0v) is 24.6. The Morgan fingerprint density at radius 3 is 2.69 bits per heavy atom. The van der Waals surface area contributed by atoms with Gasteiger partial charge >= 0.3 is 0 Å². The van der Waals surface area contributed by atoms with Crippen LogP contribution in [0.5, 0.6) is 0 Å². The third kappa shape index (κ3) is 4.03. The maximum atomic E-state index is 14.7. The fraction of sp³-hybridized carbons (Fsp3) is 0.161. The lowest BCUT2D eigenvalue weighted by Crippen LogP contribution is -2.25. The summed E-state index contributed by atoms with van der Waals surface area (Å²) in [6.07, 6.45) is 1.85. The number of rotatable bonds is 5. The molecule has 0 saturated carbocycles. The summed E-state index contributed by atoms with van der Waals surface area (Å²) in [6, 6.07) is 17.9. The van der Waals surface area contributed by atoms with E-state index >= 15 is 0 Å². The van der Waals surface area contributed by atoms with Crippen LogP contribution in [0.3, 0.4) is 0 Å². The van der Waals surface area contributed by atoms with Gasteiger partial charge in [-0.15, -0.1) is 11.3 Å². The average molecular weight is 601 g/mol. The first kappa shape index (κ1) is 26.4. The minimum absolute atomic E-state index is 0.294. The number of anilines is 1. The molecule has 42 heavy (non-hydrogen) atoms. The Labute approximate surface area is 245 Å². The molecule has 1 aliphatic heterocycles. The van der Waals surface area contributed by atoms with Gasteiger partial charge in [0.15, 0.2) is 5.76 Å². The first-order valence-corrected chi connectivity index (χ1v) is 16.0. The lowest BCUT2D eigenvalue weighted by Gasteiger charge is -2.23. The van der Waals surface area contributed by atoms with E-state index in [1.807, 2.05) is 41.8 Å². The van der Waals surface area contributed by atoms with Crippen molar-refractivity contribution in [3.8, 4) is 33.3 Å². The van der Waals surface area contributed by atoms with Crippen LogP contribution in [0.15, 0.2) is 70.5 Å². The molecule has 8 nitrogen and oxygen atoms in total. The summed E-state index contributed by atoms with van der Waals surface area (Å²) in [5.74, 6) is -0.204. The van der Waals surface area contributed by atoms with E-state index in [0.717, 1.165) is 34.3 Å². The highest BCUT2D eigenvalue weighted by molar-refractivity contribution is 7.92. The fourth-order valence-corrected chi connectivity index (χ4v) is 6.91. The molecule has 1 N–H and O–H groups in total. The van der Waals surface area contributed by atoms with Crippen LogP contribution in [0.1, 0.15) is 15.9 Å². The molecule has 7 rings (SSSR count). The second-order valence-corrected chi connectivity index (χ2v) is 13.2. The van der Waals surface area contributed by atoms with Crippen molar-refractivity contribution in [2.24, 2.45) is 0 Å². The number of nitrogens with one attached hydrogen (secondary N) is 1. The van der Waals surface area contributed by atoms with Crippen molar-refractivity contribution in [3.05, 3.63) is 83.0 Å². The van der Waals surface area contributed by atoms with Gasteiger partial charge in [0.25, 0.3) is 5.91 Å². The molecule has 0 saturated heterocycles. The minimum Gasteiger partial charge on any atom is -0.454 e. The molecule has 4 aromatic heterocycles. The van der Waals surface area contributed by atoms with Crippen molar-refractivity contribution in [1.29, 1.82) is 0 Å². The Bertz CT molecular complexity index is 2160. The number of pyridine rings is 1. The Balaban J connectivity index is 1.50. The summed E-state index contributed by atoms with van der Waals surface area (Å²) in [4.78, 5) is 19.0. The van der Waals surface area contributed by atoms with E-state index in [1.165, 1.54) is 28.8 Å². The van der Waals surface area contributed by atoms with Crippen molar-refractivity contribution in [3.63, 3.8) is 0 Å². The normalized spacial score (nSPS) is 12.9. The number of thiophene rings is 1. The molecule has 0 spiro atoms. The van der Waals surface area contributed by atoms with Crippen LogP contribution in [-0.2, 0) is 23.0 Å². The molecule has 11 heteroatoms. The number of fused-ring (bicyclic) bond motifs is 6. The molecule has 0 aliphatic carbocycles. The summed E-state index contributed by atoms with van der Waals surface area (Å²) >= 11 is 1.44. The largest absolute Gasteiger partial charge is 0.454 e. The number of nitrogens with zero attached hydrogens (tertiary/aromatic N) is 3. The van der Waals surface area contributed by atoms with Gasteiger partial charge in [0.05, 0.1) is 45.0 Å². The van der Waals surface area contributed by atoms with Gasteiger partial charge < -0.3 is 14.3 Å². The summed E-state index contributed by atoms with van der Waals surface area (Å²) in [6.45, 7) is 0.695. The molecule has 5 heterocycles. The molecule has 0 unspecified atom stereocenters. The monoisotopic (exact) mass is 600 g/mol. The van der Waals surface area contributed by atoms with Crippen LogP contribution in [0.2, 0.25) is 0 Å². The number of sulfonamides is 1. The molecule has 2 aromatic carbocycles. The molecule has 6 aromatic rings. The van der Waals surface area contributed by atoms with E-state index in [1.54, 1.807) is 25.2 Å². The number of carbonyl (C=O) groups is 1. The van der Waals surface area contributed by atoms with Gasteiger partial charge in [-0.1, -0.05) is 18.2 Å². The zero-order chi connectivity index (χ0) is 29.3. The maximum absolute atomic E-state index is 14.7. The van der Waals surface area contributed by atoms with Gasteiger partial charge in [-0.05, 0) is 53.8 Å². The predicted octanol–water partition coefficient (Wildman–Crippen LogP) is 6.30. The standard InChI is InChI=1S/C31H25FN4O4S2/c1-33-31(37)28-20-14-19(24(35(2)42(3,38)39)16-26(20)40-30(28)27-8-5-13-41-27)22-10-9-17-11-12-36-23-7-4-6-21(32)18(23)15-25(36)29(17)34-22/h4-10,13-16H,11-12H2,1-3H3,(H,33,37). The average Bonchev–Trinajstić information content (AvgIpc) is 3.72. The lowest BCUT2D eigenvalue weighted by molar-refractivity contribution is 0.0964. The Morgan fingerprint density at radius 2 is 1.95 bits per heavy atom. The van der Waals surface area contributed by atoms with Crippen molar-refractivity contribution in [2.45, 2.75) is 13.0 Å². The van der Waals surface area contributed by atoms with E-state index in [4.69, 9.17) is 9.40 Å². The van der Waals surface area contributed by atoms with Crippen LogP contribution < -0.4 is 9.62 Å². The molecular weight excluding hydrogens is 575 g/mol. The Morgan fingerprint density at radius 1 is 1.12 bits per heavy atom. The van der Waals surface area contributed by atoms with Crippen molar-refractivity contribution in [2.75, 3.05) is 24.7 Å². The molecule has 0 radical (unpaired) electrons. The van der Waals surface area contributed by atoms with Gasteiger partial charge in [-0.2, -0.15) is 0 Å². The van der Waals surface area contributed by atoms with Gasteiger partial charge in [-0.25, -0.2) is 17.8 Å². The highest BCUT2D eigenvalue weighted by Crippen LogP contribution is 2.43. The highest BCUT2D eigenvalue weighted by Gasteiger charge is 2.28. The maximum Gasteiger partial charge on any atom is 0.255 e. The number of aromatic nitrogens is 2. The number of furan rings is 1. The van der Waals surface area contributed by atoms with E-state index in [2.05, 4.69) is 9.88 Å². The first-order chi connectivity index (χ1) is 20.2. The van der Waals surface area contributed by atoms with Gasteiger partial charge in [0.1, 0.15) is 11.4 Å². The van der Waals surface area contributed by atoms with E-state index in [-0.39, 0.29) is 11.7 Å². The van der Waals surface area contributed by atoms with E-state index in [0.29, 0.717) is 56.9 Å².